The van der Waals surface area contributed by atoms with E-state index in [1.54, 1.807) is 0 Å². The minimum absolute atomic E-state index is 0.00672. The topological polar surface area (TPSA) is 34.1 Å². The van der Waals surface area contributed by atoms with E-state index in [9.17, 15) is 9.59 Å². The molecule has 0 bridgehead atoms. The zero-order chi connectivity index (χ0) is 14.3. The molecule has 1 aromatic carbocycles. The Labute approximate surface area is 120 Å². The minimum atomic E-state index is -0.473. The Bertz CT molecular complexity index is 535. The summed E-state index contributed by atoms with van der Waals surface area (Å²) in [5, 5.41) is 0. The summed E-state index contributed by atoms with van der Waals surface area (Å²) >= 11 is 0. The van der Waals surface area contributed by atoms with Crippen molar-refractivity contribution in [2.75, 3.05) is 0 Å². The van der Waals surface area contributed by atoms with Crippen LogP contribution in [-0.2, 0) is 16.0 Å². The SMILES string of the molecule is CCc1cc(C)ccc1C1C(=O)C2CCCCC2C1=O. The highest BCUT2D eigenvalue weighted by Gasteiger charge is 2.50. The highest BCUT2D eigenvalue weighted by molar-refractivity contribution is 6.16. The van der Waals surface area contributed by atoms with Gasteiger partial charge in [-0.2, -0.15) is 0 Å². The predicted molar refractivity (Wildman–Crippen MR) is 78.8 cm³/mol. The largest absolute Gasteiger partial charge is 0.298 e. The summed E-state index contributed by atoms with van der Waals surface area (Å²) in [7, 11) is 0. The molecule has 2 aliphatic rings. The van der Waals surface area contributed by atoms with E-state index in [0.717, 1.165) is 43.2 Å². The molecule has 0 aromatic heterocycles. The van der Waals surface area contributed by atoms with Gasteiger partial charge in [0.15, 0.2) is 11.6 Å². The molecule has 20 heavy (non-hydrogen) atoms. The summed E-state index contributed by atoms with van der Waals surface area (Å²) in [6.07, 6.45) is 4.91. The van der Waals surface area contributed by atoms with Crippen LogP contribution < -0.4 is 0 Å². The van der Waals surface area contributed by atoms with E-state index in [1.165, 1.54) is 5.56 Å². The van der Waals surface area contributed by atoms with Crippen molar-refractivity contribution in [1.82, 2.24) is 0 Å². The van der Waals surface area contributed by atoms with E-state index in [4.69, 9.17) is 0 Å². The van der Waals surface area contributed by atoms with Crippen LogP contribution in [0.5, 0.6) is 0 Å². The number of Topliss-reactive ketones (excluding diaryl/α,β-unsaturated/α-hetero) is 2. The van der Waals surface area contributed by atoms with Crippen LogP contribution in [0.3, 0.4) is 0 Å². The normalized spacial score (nSPS) is 29.6. The molecule has 106 valence electrons. The third kappa shape index (κ3) is 2.02. The second-order valence-electron chi connectivity index (χ2n) is 6.29. The molecule has 2 heteroatoms. The first-order valence-electron chi connectivity index (χ1n) is 7.80. The number of hydrogen-bond donors (Lipinski definition) is 0. The molecule has 2 atom stereocenters. The molecule has 0 radical (unpaired) electrons. The van der Waals surface area contributed by atoms with Gasteiger partial charge in [0.1, 0.15) is 5.92 Å². The van der Waals surface area contributed by atoms with Crippen molar-refractivity contribution >= 4 is 11.6 Å². The summed E-state index contributed by atoms with van der Waals surface area (Å²) in [6, 6.07) is 6.15. The van der Waals surface area contributed by atoms with Crippen LogP contribution in [0.1, 0.15) is 55.2 Å². The quantitative estimate of drug-likeness (QED) is 0.769. The lowest BCUT2D eigenvalue weighted by atomic mass is 9.81. The average molecular weight is 270 g/mol. The predicted octanol–water partition coefficient (Wildman–Crippen LogP) is 3.60. The van der Waals surface area contributed by atoms with Gasteiger partial charge in [0.25, 0.3) is 0 Å². The molecule has 1 aromatic rings. The van der Waals surface area contributed by atoms with Crippen LogP contribution in [0.4, 0.5) is 0 Å². The van der Waals surface area contributed by atoms with Crippen molar-refractivity contribution in [2.45, 2.75) is 51.9 Å². The maximum Gasteiger partial charge on any atom is 0.151 e. The number of carbonyl (C=O) groups excluding carboxylic acids is 2. The van der Waals surface area contributed by atoms with E-state index in [0.29, 0.717) is 0 Å². The zero-order valence-electron chi connectivity index (χ0n) is 12.3. The molecule has 3 rings (SSSR count). The second kappa shape index (κ2) is 5.16. The van der Waals surface area contributed by atoms with Crippen molar-refractivity contribution in [2.24, 2.45) is 11.8 Å². The molecule has 0 aliphatic heterocycles. The fourth-order valence-corrected chi connectivity index (χ4v) is 4.01. The molecular formula is C18H22O2. The second-order valence-corrected chi connectivity index (χ2v) is 6.29. The molecule has 0 amide bonds. The summed E-state index contributed by atoms with van der Waals surface area (Å²) in [5.41, 5.74) is 3.33. The number of hydrogen-bond acceptors (Lipinski definition) is 2. The molecule has 2 saturated carbocycles. The first kappa shape index (κ1) is 13.5. The molecule has 2 unspecified atom stereocenters. The van der Waals surface area contributed by atoms with Crippen molar-refractivity contribution in [3.63, 3.8) is 0 Å². The van der Waals surface area contributed by atoms with Gasteiger partial charge in [0.2, 0.25) is 0 Å². The third-order valence-electron chi connectivity index (χ3n) is 5.06. The van der Waals surface area contributed by atoms with Crippen LogP contribution >= 0.6 is 0 Å². The van der Waals surface area contributed by atoms with Gasteiger partial charge in [-0.05, 0) is 37.3 Å². The zero-order valence-corrected chi connectivity index (χ0v) is 12.3. The van der Waals surface area contributed by atoms with Crippen LogP contribution in [-0.4, -0.2) is 11.6 Å². The Balaban J connectivity index is 2.01. The lowest BCUT2D eigenvalue weighted by Gasteiger charge is -2.21. The Morgan fingerprint density at radius 2 is 1.65 bits per heavy atom. The molecule has 2 aliphatic carbocycles. The lowest BCUT2D eigenvalue weighted by molar-refractivity contribution is -0.125. The van der Waals surface area contributed by atoms with Gasteiger partial charge in [-0.15, -0.1) is 0 Å². The highest BCUT2D eigenvalue weighted by atomic mass is 16.2. The van der Waals surface area contributed by atoms with Gasteiger partial charge in [-0.3, -0.25) is 9.59 Å². The van der Waals surface area contributed by atoms with E-state index >= 15 is 0 Å². The fraction of sp³-hybridized carbons (Fsp3) is 0.556. The number of benzene rings is 1. The molecule has 0 spiro atoms. The maximum atomic E-state index is 12.7. The van der Waals surface area contributed by atoms with Crippen LogP contribution in [0.25, 0.3) is 0 Å². The van der Waals surface area contributed by atoms with Gasteiger partial charge in [0.05, 0.1) is 0 Å². The lowest BCUT2D eigenvalue weighted by Crippen LogP contribution is -2.21. The number of fused-ring (bicyclic) bond motifs is 1. The molecule has 2 fully saturated rings. The van der Waals surface area contributed by atoms with E-state index < -0.39 is 5.92 Å². The Morgan fingerprint density at radius 1 is 1.05 bits per heavy atom. The Hall–Kier alpha value is -1.44. The summed E-state index contributed by atoms with van der Waals surface area (Å²) in [6.45, 7) is 4.15. The number of rotatable bonds is 2. The third-order valence-corrected chi connectivity index (χ3v) is 5.06. The fourth-order valence-electron chi connectivity index (χ4n) is 4.01. The maximum absolute atomic E-state index is 12.7. The van der Waals surface area contributed by atoms with Gasteiger partial charge in [-0.1, -0.05) is 43.5 Å². The monoisotopic (exact) mass is 270 g/mol. The van der Waals surface area contributed by atoms with E-state index in [2.05, 4.69) is 19.9 Å². The van der Waals surface area contributed by atoms with Crippen LogP contribution in [0.2, 0.25) is 0 Å². The summed E-state index contributed by atoms with van der Waals surface area (Å²) in [5.74, 6) is -0.0744. The average Bonchev–Trinajstić information content (AvgIpc) is 2.72. The van der Waals surface area contributed by atoms with E-state index in [-0.39, 0.29) is 23.4 Å². The molecular weight excluding hydrogens is 248 g/mol. The van der Waals surface area contributed by atoms with Crippen LogP contribution in [0, 0.1) is 18.8 Å². The van der Waals surface area contributed by atoms with Crippen molar-refractivity contribution in [3.8, 4) is 0 Å². The molecule has 0 heterocycles. The highest BCUT2D eigenvalue weighted by Crippen LogP contribution is 2.44. The van der Waals surface area contributed by atoms with E-state index in [1.807, 2.05) is 12.1 Å². The molecule has 0 N–H and O–H groups in total. The molecule has 0 saturated heterocycles. The van der Waals surface area contributed by atoms with Crippen LogP contribution in [0.15, 0.2) is 18.2 Å². The summed E-state index contributed by atoms with van der Waals surface area (Å²) in [4.78, 5) is 25.4. The standard InChI is InChI=1S/C18H22O2/c1-3-12-10-11(2)8-9-13(12)16-17(19)14-6-4-5-7-15(14)18(16)20/h8-10,14-16H,3-7H2,1-2H3. The van der Waals surface area contributed by atoms with Gasteiger partial charge in [-0.25, -0.2) is 0 Å². The number of ketones is 2. The first-order valence-corrected chi connectivity index (χ1v) is 7.80. The summed E-state index contributed by atoms with van der Waals surface area (Å²) < 4.78 is 0. The van der Waals surface area contributed by atoms with Crippen molar-refractivity contribution in [3.05, 3.63) is 34.9 Å². The van der Waals surface area contributed by atoms with Crippen molar-refractivity contribution < 1.29 is 9.59 Å². The first-order chi connectivity index (χ1) is 9.63. The smallest absolute Gasteiger partial charge is 0.151 e. The Kier molecular flexibility index (Phi) is 3.49. The van der Waals surface area contributed by atoms with Gasteiger partial charge >= 0.3 is 0 Å². The van der Waals surface area contributed by atoms with Crippen molar-refractivity contribution in [1.29, 1.82) is 0 Å². The number of aryl methyl sites for hydroxylation is 2. The Morgan fingerprint density at radius 3 is 2.20 bits per heavy atom. The number of carbonyl (C=O) groups is 2. The van der Waals surface area contributed by atoms with Gasteiger partial charge < -0.3 is 0 Å². The molecule has 2 nitrogen and oxygen atoms in total. The van der Waals surface area contributed by atoms with Gasteiger partial charge in [0, 0.05) is 11.8 Å². The minimum Gasteiger partial charge on any atom is -0.298 e.